The Kier molecular flexibility index (Phi) is 2.55. The fraction of sp³-hybridized carbons (Fsp3) is 0.273. The van der Waals surface area contributed by atoms with Gasteiger partial charge in [-0.05, 0) is 12.8 Å². The van der Waals surface area contributed by atoms with Gasteiger partial charge in [0.2, 0.25) is 5.91 Å². The number of nitrogen functional groups attached to an aromatic ring is 1. The summed E-state index contributed by atoms with van der Waals surface area (Å²) in [4.78, 5) is 23.5. The van der Waals surface area contributed by atoms with E-state index in [1.165, 1.54) is 6.33 Å². The van der Waals surface area contributed by atoms with E-state index in [1.54, 1.807) is 17.2 Å². The van der Waals surface area contributed by atoms with E-state index in [0.29, 0.717) is 29.0 Å². The molecule has 0 unspecified atom stereocenters. The van der Waals surface area contributed by atoms with Crippen molar-refractivity contribution in [3.8, 4) is 0 Å². The van der Waals surface area contributed by atoms with Crippen molar-refractivity contribution in [1.82, 2.24) is 19.6 Å². The van der Waals surface area contributed by atoms with Gasteiger partial charge < -0.3 is 11.5 Å². The average Bonchev–Trinajstić information content (AvgIpc) is 2.84. The second kappa shape index (κ2) is 4.23. The fourth-order valence-corrected chi connectivity index (χ4v) is 2.13. The van der Waals surface area contributed by atoms with E-state index in [9.17, 15) is 4.79 Å². The molecule has 8 heteroatoms. The summed E-state index contributed by atoms with van der Waals surface area (Å²) in [7, 11) is 0. The number of amides is 1. The zero-order valence-electron chi connectivity index (χ0n) is 10.2. The molecule has 19 heavy (non-hydrogen) atoms. The van der Waals surface area contributed by atoms with Gasteiger partial charge in [0.15, 0.2) is 17.0 Å². The molecule has 1 amide bonds. The van der Waals surface area contributed by atoms with E-state index >= 15 is 0 Å². The summed E-state index contributed by atoms with van der Waals surface area (Å²) in [5.41, 5.74) is 12.8. The third kappa shape index (κ3) is 1.86. The van der Waals surface area contributed by atoms with Crippen molar-refractivity contribution >= 4 is 22.9 Å². The molecule has 3 heterocycles. The summed E-state index contributed by atoms with van der Waals surface area (Å²) in [6.45, 7) is 0.756. The minimum absolute atomic E-state index is 0.333. The molecule has 98 valence electrons. The zero-order chi connectivity index (χ0) is 13.4. The van der Waals surface area contributed by atoms with Gasteiger partial charge in [0, 0.05) is 18.3 Å². The van der Waals surface area contributed by atoms with Gasteiger partial charge in [-0.25, -0.2) is 19.6 Å². The van der Waals surface area contributed by atoms with Gasteiger partial charge in [-0.2, -0.15) is 0 Å². The van der Waals surface area contributed by atoms with Gasteiger partial charge in [0.1, 0.15) is 12.7 Å². The van der Waals surface area contributed by atoms with Crippen LogP contribution in [-0.2, 0) is 4.79 Å². The van der Waals surface area contributed by atoms with Gasteiger partial charge in [-0.15, -0.1) is 0 Å². The normalized spacial score (nSPS) is 15.6. The number of rotatable bonds is 2. The Labute approximate surface area is 108 Å². The summed E-state index contributed by atoms with van der Waals surface area (Å²) in [6, 6.07) is 0. The molecule has 0 radical (unpaired) electrons. The second-order valence-corrected chi connectivity index (χ2v) is 4.31. The van der Waals surface area contributed by atoms with E-state index in [1.807, 2.05) is 5.01 Å². The quantitative estimate of drug-likeness (QED) is 0.751. The Balaban J connectivity index is 2.07. The zero-order valence-corrected chi connectivity index (χ0v) is 10.2. The van der Waals surface area contributed by atoms with Crippen molar-refractivity contribution in [2.45, 2.75) is 12.8 Å². The predicted octanol–water partition coefficient (Wildman–Crippen LogP) is -0.491. The first-order chi connectivity index (χ1) is 9.16. The molecule has 2 aromatic rings. The van der Waals surface area contributed by atoms with Gasteiger partial charge in [-0.3, -0.25) is 9.80 Å². The van der Waals surface area contributed by atoms with Crippen LogP contribution in [0.4, 0.5) is 5.82 Å². The maximum absolute atomic E-state index is 11.2. The highest BCUT2D eigenvalue weighted by atomic mass is 16.1. The topological polar surface area (TPSA) is 116 Å². The van der Waals surface area contributed by atoms with Crippen LogP contribution in [0.15, 0.2) is 24.4 Å². The maximum atomic E-state index is 11.2. The molecule has 0 atom stereocenters. The van der Waals surface area contributed by atoms with Crippen molar-refractivity contribution in [3.63, 3.8) is 0 Å². The van der Waals surface area contributed by atoms with Crippen LogP contribution in [0.3, 0.4) is 0 Å². The number of carbonyl (C=O) groups excluding carboxylic acids is 1. The summed E-state index contributed by atoms with van der Waals surface area (Å²) in [5, 5.41) is 1.85. The predicted molar refractivity (Wildman–Crippen MR) is 69.3 cm³/mol. The number of anilines is 1. The first kappa shape index (κ1) is 11.5. The number of imidazole rings is 1. The van der Waals surface area contributed by atoms with E-state index in [4.69, 9.17) is 11.5 Å². The number of hydrogen-bond acceptors (Lipinski definition) is 6. The van der Waals surface area contributed by atoms with E-state index < -0.39 is 5.91 Å². The summed E-state index contributed by atoms with van der Waals surface area (Å²) < 4.78 is 1.75. The van der Waals surface area contributed by atoms with Crippen LogP contribution in [0.25, 0.3) is 11.2 Å². The molecular formula is C11H13N7O. The molecule has 8 nitrogen and oxygen atoms in total. The highest BCUT2D eigenvalue weighted by molar-refractivity contribution is 5.92. The smallest absolute Gasteiger partial charge is 0.246 e. The molecule has 2 aromatic heterocycles. The van der Waals surface area contributed by atoms with E-state index in [2.05, 4.69) is 15.0 Å². The molecule has 0 aromatic carbocycles. The Morgan fingerprint density at radius 3 is 2.95 bits per heavy atom. The van der Waals surface area contributed by atoms with Crippen molar-refractivity contribution in [1.29, 1.82) is 0 Å². The third-order valence-corrected chi connectivity index (χ3v) is 3.08. The van der Waals surface area contributed by atoms with Crippen LogP contribution in [0.5, 0.6) is 0 Å². The minimum Gasteiger partial charge on any atom is -0.382 e. The van der Waals surface area contributed by atoms with E-state index in [-0.39, 0.29) is 0 Å². The standard InChI is InChI=1S/C11H13N7O/c12-9-8-11(15-5-14-9)18(6-16-8)17-3-1-2-7(4-17)10(13)19/h4-6H,1-3H2,(H2,13,19)(H2,12,14,15). The monoisotopic (exact) mass is 259 g/mol. The average molecular weight is 259 g/mol. The van der Waals surface area contributed by atoms with Crippen molar-refractivity contribution in [2.75, 3.05) is 17.3 Å². The Bertz CT molecular complexity index is 675. The third-order valence-electron chi connectivity index (χ3n) is 3.08. The summed E-state index contributed by atoms with van der Waals surface area (Å²) >= 11 is 0. The molecule has 0 saturated heterocycles. The highest BCUT2D eigenvalue weighted by Gasteiger charge is 2.18. The number of fused-ring (bicyclic) bond motifs is 1. The Morgan fingerprint density at radius 2 is 2.16 bits per heavy atom. The lowest BCUT2D eigenvalue weighted by atomic mass is 10.1. The highest BCUT2D eigenvalue weighted by Crippen LogP contribution is 2.18. The van der Waals surface area contributed by atoms with Gasteiger partial charge in [-0.1, -0.05) is 0 Å². The maximum Gasteiger partial charge on any atom is 0.246 e. The minimum atomic E-state index is -0.400. The van der Waals surface area contributed by atoms with Crippen molar-refractivity contribution < 1.29 is 4.79 Å². The van der Waals surface area contributed by atoms with Crippen LogP contribution >= 0.6 is 0 Å². The van der Waals surface area contributed by atoms with E-state index in [0.717, 1.165) is 13.0 Å². The Hall–Kier alpha value is -2.64. The molecule has 0 aliphatic carbocycles. The SMILES string of the molecule is NC(=O)C1=CN(n2cnc3c(N)ncnc32)CCC1. The summed E-state index contributed by atoms with van der Waals surface area (Å²) in [5.74, 6) is -0.0666. The first-order valence-electron chi connectivity index (χ1n) is 5.88. The van der Waals surface area contributed by atoms with Crippen LogP contribution in [0.2, 0.25) is 0 Å². The molecule has 1 aliphatic rings. The molecule has 4 N–H and O–H groups in total. The summed E-state index contributed by atoms with van der Waals surface area (Å²) in [6.07, 6.45) is 6.25. The molecule has 0 bridgehead atoms. The second-order valence-electron chi connectivity index (χ2n) is 4.31. The lowest BCUT2D eigenvalue weighted by Gasteiger charge is -2.26. The largest absolute Gasteiger partial charge is 0.382 e. The lowest BCUT2D eigenvalue weighted by molar-refractivity contribution is -0.114. The lowest BCUT2D eigenvalue weighted by Crippen LogP contribution is -2.34. The van der Waals surface area contributed by atoms with Crippen LogP contribution in [0.1, 0.15) is 12.8 Å². The number of hydrogen-bond donors (Lipinski definition) is 2. The molecule has 0 saturated carbocycles. The van der Waals surface area contributed by atoms with Crippen molar-refractivity contribution in [2.24, 2.45) is 5.73 Å². The molecule has 1 aliphatic heterocycles. The van der Waals surface area contributed by atoms with Gasteiger partial charge in [0.25, 0.3) is 0 Å². The number of carbonyl (C=O) groups is 1. The number of nitrogens with zero attached hydrogens (tertiary/aromatic N) is 5. The van der Waals surface area contributed by atoms with Gasteiger partial charge in [0.05, 0.1) is 0 Å². The fourth-order valence-electron chi connectivity index (χ4n) is 2.13. The molecule has 0 fully saturated rings. The number of aromatic nitrogens is 4. The number of nitrogens with two attached hydrogens (primary N) is 2. The van der Waals surface area contributed by atoms with Gasteiger partial charge >= 0.3 is 0 Å². The van der Waals surface area contributed by atoms with Crippen LogP contribution < -0.4 is 16.5 Å². The number of primary amides is 1. The van der Waals surface area contributed by atoms with Crippen LogP contribution in [-0.4, -0.2) is 32.1 Å². The first-order valence-corrected chi connectivity index (χ1v) is 5.88. The molecule has 3 rings (SSSR count). The van der Waals surface area contributed by atoms with Crippen molar-refractivity contribution in [3.05, 3.63) is 24.4 Å². The van der Waals surface area contributed by atoms with Crippen LogP contribution in [0, 0.1) is 0 Å². The molecule has 0 spiro atoms. The Morgan fingerprint density at radius 1 is 1.32 bits per heavy atom. The molecular weight excluding hydrogens is 246 g/mol.